The topological polar surface area (TPSA) is 57.8 Å². The van der Waals surface area contributed by atoms with Gasteiger partial charge >= 0.3 is 0 Å². The third kappa shape index (κ3) is 3.22. The second-order valence-corrected chi connectivity index (χ2v) is 6.35. The smallest absolute Gasteiger partial charge is 0.252 e. The van der Waals surface area contributed by atoms with Crippen LogP contribution in [-0.2, 0) is 0 Å². The fraction of sp³-hybridized carbons (Fsp3) is 0.750. The average molecular weight is 275 g/mol. The maximum absolute atomic E-state index is 11.8. The molecule has 0 aromatic carbocycles. The summed E-state index contributed by atoms with van der Waals surface area (Å²) in [4.78, 5) is 19.2. The van der Waals surface area contributed by atoms with Crippen LogP contribution in [0.25, 0.3) is 0 Å². The lowest BCUT2D eigenvalue weighted by molar-refractivity contribution is 0.312. The first-order valence-corrected chi connectivity index (χ1v) is 8.14. The van der Waals surface area contributed by atoms with Crippen LogP contribution in [0.15, 0.2) is 10.9 Å². The standard InChI is InChI=1S/C16H25N3O/c1-2-13(11-6-4-3-5-7-11)17-14-10-15(20)19-16(18-14)12-8-9-12/h10-13H,2-9H2,1H3,(H2,17,18,19,20). The molecule has 3 rings (SSSR count). The third-order valence-corrected chi connectivity index (χ3v) is 4.72. The van der Waals surface area contributed by atoms with Crippen LogP contribution < -0.4 is 10.9 Å². The number of aromatic nitrogens is 2. The van der Waals surface area contributed by atoms with E-state index in [9.17, 15) is 4.79 Å². The fourth-order valence-electron chi connectivity index (χ4n) is 3.38. The van der Waals surface area contributed by atoms with Gasteiger partial charge in [-0.3, -0.25) is 4.79 Å². The molecular weight excluding hydrogens is 250 g/mol. The van der Waals surface area contributed by atoms with E-state index in [1.807, 2.05) is 0 Å². The highest BCUT2D eigenvalue weighted by Crippen LogP contribution is 2.38. The van der Waals surface area contributed by atoms with E-state index in [1.165, 1.54) is 32.1 Å². The molecule has 4 nitrogen and oxygen atoms in total. The van der Waals surface area contributed by atoms with Crippen LogP contribution in [0.4, 0.5) is 5.82 Å². The number of hydrogen-bond donors (Lipinski definition) is 2. The van der Waals surface area contributed by atoms with Crippen molar-refractivity contribution in [3.8, 4) is 0 Å². The first-order chi connectivity index (χ1) is 9.76. The lowest BCUT2D eigenvalue weighted by Gasteiger charge is -2.30. The van der Waals surface area contributed by atoms with Crippen molar-refractivity contribution in [3.63, 3.8) is 0 Å². The Labute approximate surface area is 120 Å². The SMILES string of the molecule is CCC(Nc1cc(=O)[nH]c(C2CC2)n1)C1CCCCC1. The number of aromatic amines is 1. The normalized spacial score (nSPS) is 21.6. The van der Waals surface area contributed by atoms with E-state index in [1.54, 1.807) is 6.07 Å². The van der Waals surface area contributed by atoms with Crippen molar-refractivity contribution < 1.29 is 0 Å². The number of rotatable bonds is 5. The van der Waals surface area contributed by atoms with Gasteiger partial charge in [-0.25, -0.2) is 4.98 Å². The summed E-state index contributed by atoms with van der Waals surface area (Å²) in [5.74, 6) is 2.87. The predicted molar refractivity (Wildman–Crippen MR) is 81.1 cm³/mol. The fourth-order valence-corrected chi connectivity index (χ4v) is 3.38. The van der Waals surface area contributed by atoms with Crippen molar-refractivity contribution in [1.29, 1.82) is 0 Å². The summed E-state index contributed by atoms with van der Waals surface area (Å²) >= 11 is 0. The quantitative estimate of drug-likeness (QED) is 0.865. The predicted octanol–water partition coefficient (Wildman–Crippen LogP) is 3.42. The molecule has 1 atom stereocenters. The summed E-state index contributed by atoms with van der Waals surface area (Å²) in [6.45, 7) is 2.22. The van der Waals surface area contributed by atoms with E-state index >= 15 is 0 Å². The summed E-state index contributed by atoms with van der Waals surface area (Å²) in [6, 6.07) is 2.06. The van der Waals surface area contributed by atoms with E-state index in [-0.39, 0.29) is 5.56 Å². The van der Waals surface area contributed by atoms with Crippen molar-refractivity contribution in [1.82, 2.24) is 9.97 Å². The highest BCUT2D eigenvalue weighted by Gasteiger charge is 2.27. The minimum atomic E-state index is -0.0251. The Kier molecular flexibility index (Phi) is 4.08. The molecule has 1 aromatic rings. The van der Waals surface area contributed by atoms with Gasteiger partial charge in [-0.05, 0) is 38.0 Å². The molecule has 0 bridgehead atoms. The van der Waals surface area contributed by atoms with Crippen LogP contribution in [-0.4, -0.2) is 16.0 Å². The van der Waals surface area contributed by atoms with Gasteiger partial charge in [-0.15, -0.1) is 0 Å². The molecule has 0 radical (unpaired) electrons. The number of nitrogens with zero attached hydrogens (tertiary/aromatic N) is 1. The summed E-state index contributed by atoms with van der Waals surface area (Å²) in [7, 11) is 0. The Morgan fingerprint density at radius 2 is 2.05 bits per heavy atom. The molecule has 0 saturated heterocycles. The molecule has 2 saturated carbocycles. The lowest BCUT2D eigenvalue weighted by atomic mass is 9.83. The Morgan fingerprint density at radius 3 is 2.70 bits per heavy atom. The van der Waals surface area contributed by atoms with Crippen molar-refractivity contribution in [2.24, 2.45) is 5.92 Å². The van der Waals surface area contributed by atoms with E-state index < -0.39 is 0 Å². The van der Waals surface area contributed by atoms with E-state index in [4.69, 9.17) is 0 Å². The maximum Gasteiger partial charge on any atom is 0.252 e. The third-order valence-electron chi connectivity index (χ3n) is 4.72. The van der Waals surface area contributed by atoms with Crippen LogP contribution in [0.5, 0.6) is 0 Å². The van der Waals surface area contributed by atoms with Gasteiger partial charge in [0.25, 0.3) is 5.56 Å². The van der Waals surface area contributed by atoms with Gasteiger partial charge in [0.15, 0.2) is 0 Å². The van der Waals surface area contributed by atoms with Gasteiger partial charge in [-0.2, -0.15) is 0 Å². The number of hydrogen-bond acceptors (Lipinski definition) is 3. The first-order valence-electron chi connectivity index (χ1n) is 8.14. The molecule has 0 spiro atoms. The Bertz CT molecular complexity index is 501. The van der Waals surface area contributed by atoms with Gasteiger partial charge in [0.2, 0.25) is 0 Å². The van der Waals surface area contributed by atoms with Crippen LogP contribution in [0.3, 0.4) is 0 Å². The number of anilines is 1. The molecule has 1 heterocycles. The van der Waals surface area contributed by atoms with Crippen LogP contribution in [0.1, 0.15) is 70.0 Å². The van der Waals surface area contributed by atoms with Crippen LogP contribution in [0.2, 0.25) is 0 Å². The van der Waals surface area contributed by atoms with Crippen molar-refractivity contribution in [2.75, 3.05) is 5.32 Å². The monoisotopic (exact) mass is 275 g/mol. The highest BCUT2D eigenvalue weighted by molar-refractivity contribution is 5.35. The first kappa shape index (κ1) is 13.7. The minimum absolute atomic E-state index is 0.0251. The molecule has 0 amide bonds. The van der Waals surface area contributed by atoms with Gasteiger partial charge in [0.05, 0.1) is 0 Å². The number of nitrogens with one attached hydrogen (secondary N) is 2. The second-order valence-electron chi connectivity index (χ2n) is 6.35. The zero-order valence-corrected chi connectivity index (χ0v) is 12.3. The largest absolute Gasteiger partial charge is 0.367 e. The minimum Gasteiger partial charge on any atom is -0.367 e. The Balaban J connectivity index is 1.72. The summed E-state index contributed by atoms with van der Waals surface area (Å²) in [6.07, 6.45) is 10.1. The van der Waals surface area contributed by atoms with E-state index in [0.29, 0.717) is 12.0 Å². The molecule has 0 aliphatic heterocycles. The van der Waals surface area contributed by atoms with Gasteiger partial charge in [-0.1, -0.05) is 26.2 Å². The van der Waals surface area contributed by atoms with Crippen molar-refractivity contribution in [2.45, 2.75) is 70.3 Å². The number of H-pyrrole nitrogens is 1. The Hall–Kier alpha value is -1.32. The molecule has 110 valence electrons. The lowest BCUT2D eigenvalue weighted by Crippen LogP contribution is -2.31. The molecule has 2 aliphatic rings. The van der Waals surface area contributed by atoms with Crippen molar-refractivity contribution >= 4 is 5.82 Å². The molecule has 1 unspecified atom stereocenters. The van der Waals surface area contributed by atoms with E-state index in [2.05, 4.69) is 22.2 Å². The zero-order chi connectivity index (χ0) is 13.9. The molecule has 4 heteroatoms. The molecule has 2 aliphatic carbocycles. The highest BCUT2D eigenvalue weighted by atomic mass is 16.1. The molecular formula is C16H25N3O. The Morgan fingerprint density at radius 1 is 1.30 bits per heavy atom. The zero-order valence-electron chi connectivity index (χ0n) is 12.3. The molecule has 2 N–H and O–H groups in total. The summed E-state index contributed by atoms with van der Waals surface area (Å²) in [5.41, 5.74) is -0.0251. The van der Waals surface area contributed by atoms with Crippen LogP contribution >= 0.6 is 0 Å². The maximum atomic E-state index is 11.8. The van der Waals surface area contributed by atoms with Crippen LogP contribution in [0, 0.1) is 5.92 Å². The molecule has 20 heavy (non-hydrogen) atoms. The average Bonchev–Trinajstić information content (AvgIpc) is 3.30. The summed E-state index contributed by atoms with van der Waals surface area (Å²) in [5, 5.41) is 3.53. The van der Waals surface area contributed by atoms with Gasteiger partial charge < -0.3 is 10.3 Å². The second kappa shape index (κ2) is 5.98. The van der Waals surface area contributed by atoms with Crippen molar-refractivity contribution in [3.05, 3.63) is 22.2 Å². The van der Waals surface area contributed by atoms with Gasteiger partial charge in [0.1, 0.15) is 11.6 Å². The van der Waals surface area contributed by atoms with E-state index in [0.717, 1.165) is 36.8 Å². The molecule has 2 fully saturated rings. The molecule has 1 aromatic heterocycles. The van der Waals surface area contributed by atoms with Gasteiger partial charge in [0, 0.05) is 18.0 Å². The summed E-state index contributed by atoms with van der Waals surface area (Å²) < 4.78 is 0.